The summed E-state index contributed by atoms with van der Waals surface area (Å²) in [5.41, 5.74) is -1.15. The van der Waals surface area contributed by atoms with Crippen LogP contribution in [0.5, 0.6) is 0 Å². The average molecular weight is 411 g/mol. The third-order valence-electron chi connectivity index (χ3n) is 8.47. The molecule has 3 saturated carbocycles. The van der Waals surface area contributed by atoms with Crippen molar-refractivity contribution in [3.05, 3.63) is 23.8 Å². The van der Waals surface area contributed by atoms with Crippen LogP contribution in [0.15, 0.2) is 23.8 Å². The predicted octanol–water partition coefficient (Wildman–Crippen LogP) is 3.00. The van der Waals surface area contributed by atoms with Crippen LogP contribution in [0.4, 0.5) is 4.39 Å². The highest BCUT2D eigenvalue weighted by atomic mass is 35.5. The summed E-state index contributed by atoms with van der Waals surface area (Å²) in [7, 11) is 0. The smallest absolute Gasteiger partial charge is 0.178 e. The minimum Gasteiger partial charge on any atom is -0.391 e. The number of fused-ring (bicyclic) bond motifs is 5. The molecule has 6 heteroatoms. The van der Waals surface area contributed by atoms with Gasteiger partial charge in [0.15, 0.2) is 11.6 Å². The minimum absolute atomic E-state index is 0.0344. The number of halogens is 2. The van der Waals surface area contributed by atoms with E-state index in [-0.39, 0.29) is 41.7 Å². The van der Waals surface area contributed by atoms with Crippen LogP contribution >= 0.6 is 11.6 Å². The van der Waals surface area contributed by atoms with E-state index in [2.05, 4.69) is 0 Å². The standard InChI is InChI=1S/C22H28ClFO4/c1-11-6-13-14-8-16(24)15-7-12(26)4-5-21(15,3)22(14,23)18(28)9-20(13,2)19(11)17(27)10-25/h4-5,7,11,13-14,16,18-19,25,28H,6,8-10H2,1-3H3/t11-,13+,14+,16-,18-,19-,20+,21-,22+/m0/s1. The lowest BCUT2D eigenvalue weighted by atomic mass is 9.46. The van der Waals surface area contributed by atoms with Gasteiger partial charge in [-0.25, -0.2) is 4.39 Å². The van der Waals surface area contributed by atoms with E-state index in [0.29, 0.717) is 18.4 Å². The maximum Gasteiger partial charge on any atom is 0.178 e. The van der Waals surface area contributed by atoms with Crippen LogP contribution in [0.1, 0.15) is 40.0 Å². The zero-order valence-corrected chi connectivity index (χ0v) is 17.2. The lowest BCUT2D eigenvalue weighted by molar-refractivity contribution is -0.140. The maximum absolute atomic E-state index is 15.3. The molecule has 0 radical (unpaired) electrons. The van der Waals surface area contributed by atoms with Crippen LogP contribution in [0.25, 0.3) is 0 Å². The Morgan fingerprint density at radius 3 is 2.64 bits per heavy atom. The van der Waals surface area contributed by atoms with E-state index >= 15 is 4.39 Å². The Bertz CT molecular complexity index is 793. The molecule has 4 aliphatic carbocycles. The van der Waals surface area contributed by atoms with Gasteiger partial charge in [0, 0.05) is 11.3 Å². The van der Waals surface area contributed by atoms with E-state index in [4.69, 9.17) is 11.6 Å². The Kier molecular flexibility index (Phi) is 4.50. The lowest BCUT2D eigenvalue weighted by Crippen LogP contribution is -2.67. The molecule has 3 fully saturated rings. The summed E-state index contributed by atoms with van der Waals surface area (Å²) < 4.78 is 15.3. The summed E-state index contributed by atoms with van der Waals surface area (Å²) >= 11 is 7.24. The molecule has 0 aromatic rings. The number of allylic oxidation sites excluding steroid dienone is 4. The largest absolute Gasteiger partial charge is 0.391 e. The fourth-order valence-electron chi connectivity index (χ4n) is 7.36. The van der Waals surface area contributed by atoms with Gasteiger partial charge in [-0.1, -0.05) is 26.8 Å². The molecule has 4 aliphatic rings. The molecule has 0 aromatic heterocycles. The summed E-state index contributed by atoms with van der Waals surface area (Å²) in [4.78, 5) is 23.3. The van der Waals surface area contributed by atoms with Crippen molar-refractivity contribution >= 4 is 23.2 Å². The van der Waals surface area contributed by atoms with Crippen molar-refractivity contribution < 1.29 is 24.2 Å². The molecule has 0 spiro atoms. The fraction of sp³-hybridized carbons (Fsp3) is 0.727. The number of ketones is 2. The number of Topliss-reactive ketones (excluding diaryl/α,β-unsaturated/α-hetero) is 1. The second-order valence-corrected chi connectivity index (χ2v) is 10.4. The Morgan fingerprint density at radius 1 is 1.32 bits per heavy atom. The number of hydrogen-bond acceptors (Lipinski definition) is 4. The monoisotopic (exact) mass is 410 g/mol. The van der Waals surface area contributed by atoms with Gasteiger partial charge in [-0.2, -0.15) is 0 Å². The molecule has 9 atom stereocenters. The molecule has 28 heavy (non-hydrogen) atoms. The van der Waals surface area contributed by atoms with Crippen molar-refractivity contribution in [3.63, 3.8) is 0 Å². The molecule has 4 rings (SSSR count). The summed E-state index contributed by atoms with van der Waals surface area (Å²) in [5, 5.41) is 20.8. The highest BCUT2D eigenvalue weighted by Crippen LogP contribution is 2.70. The highest BCUT2D eigenvalue weighted by molar-refractivity contribution is 6.26. The molecule has 2 N–H and O–H groups in total. The Balaban J connectivity index is 1.84. The average Bonchev–Trinajstić information content (AvgIpc) is 2.89. The molecule has 0 heterocycles. The van der Waals surface area contributed by atoms with Gasteiger partial charge in [-0.15, -0.1) is 11.6 Å². The first-order valence-electron chi connectivity index (χ1n) is 10.1. The molecule has 0 saturated heterocycles. The predicted molar refractivity (Wildman–Crippen MR) is 104 cm³/mol. The number of alkyl halides is 2. The van der Waals surface area contributed by atoms with Gasteiger partial charge in [0.2, 0.25) is 0 Å². The number of hydrogen-bond donors (Lipinski definition) is 2. The normalized spacial score (nSPS) is 52.5. The number of aliphatic hydroxyl groups excluding tert-OH is 2. The van der Waals surface area contributed by atoms with Gasteiger partial charge in [-0.3, -0.25) is 9.59 Å². The molecule has 154 valence electrons. The summed E-state index contributed by atoms with van der Waals surface area (Å²) in [5.74, 6) is -1.18. The zero-order valence-electron chi connectivity index (χ0n) is 16.5. The fourth-order valence-corrected chi connectivity index (χ4v) is 7.85. The van der Waals surface area contributed by atoms with Crippen LogP contribution in [-0.2, 0) is 9.59 Å². The van der Waals surface area contributed by atoms with Gasteiger partial charge in [-0.05, 0) is 60.2 Å². The van der Waals surface area contributed by atoms with Gasteiger partial charge in [0.25, 0.3) is 0 Å². The van der Waals surface area contributed by atoms with E-state index in [9.17, 15) is 19.8 Å². The van der Waals surface area contributed by atoms with E-state index in [1.54, 1.807) is 6.08 Å². The zero-order chi connectivity index (χ0) is 20.6. The Morgan fingerprint density at radius 2 is 2.00 bits per heavy atom. The van der Waals surface area contributed by atoms with Crippen LogP contribution < -0.4 is 0 Å². The number of carbonyl (C=O) groups is 2. The quantitative estimate of drug-likeness (QED) is 0.686. The van der Waals surface area contributed by atoms with Crippen molar-refractivity contribution in [3.8, 4) is 0 Å². The second-order valence-electron chi connectivity index (χ2n) is 9.76. The van der Waals surface area contributed by atoms with Gasteiger partial charge in [0.05, 0.1) is 11.0 Å². The Hall–Kier alpha value is -1.04. The Labute approximate surface area is 169 Å². The SMILES string of the molecule is C[C@H]1C[C@@H]2[C@H]3C[C@H](F)C4=CC(=O)C=C[C@]4(C)[C@]3(Cl)[C@@H](O)C[C@@]2(C)[C@@H]1C(=O)CO. The molecule has 0 aliphatic heterocycles. The first-order chi connectivity index (χ1) is 13.0. The molecule has 0 amide bonds. The highest BCUT2D eigenvalue weighted by Gasteiger charge is 2.71. The van der Waals surface area contributed by atoms with Crippen LogP contribution in [-0.4, -0.2) is 45.5 Å². The topological polar surface area (TPSA) is 74.6 Å². The van der Waals surface area contributed by atoms with E-state index < -0.39 is 34.6 Å². The molecule has 0 bridgehead atoms. The van der Waals surface area contributed by atoms with Crippen molar-refractivity contribution in [2.24, 2.45) is 34.5 Å². The first-order valence-corrected chi connectivity index (χ1v) is 10.5. The molecule has 0 aromatic carbocycles. The molecule has 4 nitrogen and oxygen atoms in total. The van der Waals surface area contributed by atoms with Crippen LogP contribution in [0.3, 0.4) is 0 Å². The van der Waals surface area contributed by atoms with Crippen molar-refractivity contribution in [1.29, 1.82) is 0 Å². The van der Waals surface area contributed by atoms with E-state index in [1.165, 1.54) is 12.2 Å². The summed E-state index contributed by atoms with van der Waals surface area (Å²) in [6.07, 6.45) is 3.31. The first kappa shape index (κ1) is 20.2. The van der Waals surface area contributed by atoms with Gasteiger partial charge < -0.3 is 10.2 Å². The number of rotatable bonds is 2. The van der Waals surface area contributed by atoms with Gasteiger partial charge in [0.1, 0.15) is 12.8 Å². The molecular weight excluding hydrogens is 383 g/mol. The third kappa shape index (κ3) is 2.30. The summed E-state index contributed by atoms with van der Waals surface area (Å²) in [6.45, 7) is 5.27. The van der Waals surface area contributed by atoms with Crippen molar-refractivity contribution in [2.45, 2.75) is 57.2 Å². The van der Waals surface area contributed by atoms with Crippen LogP contribution in [0, 0.1) is 34.5 Å². The van der Waals surface area contributed by atoms with E-state index in [0.717, 1.165) is 0 Å². The number of aliphatic hydroxyl groups is 2. The second kappa shape index (κ2) is 6.23. The lowest BCUT2D eigenvalue weighted by Gasteiger charge is -2.63. The third-order valence-corrected chi connectivity index (χ3v) is 9.40. The van der Waals surface area contributed by atoms with Crippen molar-refractivity contribution in [1.82, 2.24) is 0 Å². The minimum atomic E-state index is -1.31. The van der Waals surface area contributed by atoms with Crippen molar-refractivity contribution in [2.75, 3.05) is 6.61 Å². The number of carbonyl (C=O) groups excluding carboxylic acids is 2. The van der Waals surface area contributed by atoms with Crippen LogP contribution in [0.2, 0.25) is 0 Å². The molecular formula is C22H28ClFO4. The van der Waals surface area contributed by atoms with E-state index in [1.807, 2.05) is 20.8 Å². The summed E-state index contributed by atoms with van der Waals surface area (Å²) in [6, 6.07) is 0. The maximum atomic E-state index is 15.3. The van der Waals surface area contributed by atoms with Gasteiger partial charge >= 0.3 is 0 Å². The molecule has 0 unspecified atom stereocenters.